The van der Waals surface area contributed by atoms with Gasteiger partial charge >= 0.3 is 0 Å². The average Bonchev–Trinajstić information content (AvgIpc) is 2.36. The highest BCUT2D eigenvalue weighted by Crippen LogP contribution is 2.27. The third-order valence-electron chi connectivity index (χ3n) is 2.25. The van der Waals surface area contributed by atoms with Crippen molar-refractivity contribution in [2.75, 3.05) is 13.1 Å². The molecule has 1 spiro atoms. The smallest absolute Gasteiger partial charge is 0.292 e. The van der Waals surface area contributed by atoms with Crippen molar-refractivity contribution >= 4 is 12.3 Å². The van der Waals surface area contributed by atoms with Crippen LogP contribution in [-0.4, -0.2) is 31.0 Å². The number of aliphatic imine (C=N–C) groups is 1. The largest absolute Gasteiger partial charge is 0.467 e. The molecule has 1 fully saturated rings. The highest BCUT2D eigenvalue weighted by molar-refractivity contribution is 5.95. The van der Waals surface area contributed by atoms with Gasteiger partial charge in [0.25, 0.3) is 5.91 Å². The Kier molecular flexibility index (Phi) is 1.42. The lowest BCUT2D eigenvalue weighted by atomic mass is 9.92. The summed E-state index contributed by atoms with van der Waals surface area (Å²) in [4.78, 5) is 14.8. The molecule has 0 unspecified atom stereocenters. The van der Waals surface area contributed by atoms with Gasteiger partial charge in [-0.2, -0.15) is 4.99 Å². The van der Waals surface area contributed by atoms with Gasteiger partial charge in [0.1, 0.15) is 0 Å². The Hall–Kier alpha value is -0.900. The molecular formula is C7H10N2O2. The van der Waals surface area contributed by atoms with Crippen molar-refractivity contribution in [3.8, 4) is 0 Å². The summed E-state index contributed by atoms with van der Waals surface area (Å²) in [5.74, 6) is -0.112. The number of rotatable bonds is 0. The minimum Gasteiger partial charge on any atom is -0.467 e. The standard InChI is InChI=1S/C7H10N2O2/c10-6-7(11-5-9-6)1-3-8-4-2-7/h5,8H,1-4H2. The number of amides is 1. The van der Waals surface area contributed by atoms with Crippen LogP contribution in [0.25, 0.3) is 0 Å². The maximum Gasteiger partial charge on any atom is 0.292 e. The fraction of sp³-hybridized carbons (Fsp3) is 0.714. The van der Waals surface area contributed by atoms with Gasteiger partial charge in [-0.25, -0.2) is 0 Å². The van der Waals surface area contributed by atoms with Gasteiger partial charge < -0.3 is 10.1 Å². The summed E-state index contributed by atoms with van der Waals surface area (Å²) in [5.41, 5.74) is -0.592. The van der Waals surface area contributed by atoms with Crippen LogP contribution in [0, 0.1) is 0 Å². The van der Waals surface area contributed by atoms with Crippen molar-refractivity contribution in [2.45, 2.75) is 18.4 Å². The SMILES string of the molecule is O=C1N=COC12CCNCC2. The molecule has 0 aromatic carbocycles. The van der Waals surface area contributed by atoms with E-state index in [4.69, 9.17) is 4.74 Å². The molecule has 1 amide bonds. The lowest BCUT2D eigenvalue weighted by molar-refractivity contribution is -0.132. The first kappa shape index (κ1) is 6.79. The summed E-state index contributed by atoms with van der Waals surface area (Å²) >= 11 is 0. The van der Waals surface area contributed by atoms with Gasteiger partial charge in [0.15, 0.2) is 12.0 Å². The van der Waals surface area contributed by atoms with Gasteiger partial charge in [-0.05, 0) is 13.1 Å². The van der Waals surface area contributed by atoms with Gasteiger partial charge in [0, 0.05) is 12.8 Å². The average molecular weight is 154 g/mol. The molecule has 0 bridgehead atoms. The molecule has 1 N–H and O–H groups in total. The molecule has 60 valence electrons. The van der Waals surface area contributed by atoms with E-state index in [1.807, 2.05) is 0 Å². The summed E-state index contributed by atoms with van der Waals surface area (Å²) < 4.78 is 5.21. The third kappa shape index (κ3) is 0.939. The Balaban J connectivity index is 2.15. The molecule has 2 aliphatic heterocycles. The minimum atomic E-state index is -0.592. The van der Waals surface area contributed by atoms with E-state index in [0.717, 1.165) is 25.9 Å². The van der Waals surface area contributed by atoms with Gasteiger partial charge in [-0.3, -0.25) is 4.79 Å². The second kappa shape index (κ2) is 2.30. The van der Waals surface area contributed by atoms with Crippen LogP contribution in [0.5, 0.6) is 0 Å². The molecule has 4 heteroatoms. The molecule has 2 heterocycles. The summed E-state index contributed by atoms with van der Waals surface area (Å²) in [6, 6.07) is 0. The quantitative estimate of drug-likeness (QED) is 0.521. The number of nitrogens with zero attached hydrogens (tertiary/aromatic N) is 1. The van der Waals surface area contributed by atoms with E-state index in [9.17, 15) is 4.79 Å². The molecule has 0 atom stereocenters. The lowest BCUT2D eigenvalue weighted by Crippen LogP contribution is -2.46. The van der Waals surface area contributed by atoms with Crippen LogP contribution in [0.2, 0.25) is 0 Å². The summed E-state index contributed by atoms with van der Waals surface area (Å²) in [5, 5.41) is 3.17. The van der Waals surface area contributed by atoms with E-state index in [1.54, 1.807) is 0 Å². The van der Waals surface area contributed by atoms with Gasteiger partial charge in [-0.1, -0.05) is 0 Å². The molecule has 1 saturated heterocycles. The van der Waals surface area contributed by atoms with Crippen molar-refractivity contribution in [1.82, 2.24) is 5.32 Å². The fourth-order valence-corrected chi connectivity index (χ4v) is 1.51. The Bertz CT molecular complexity index is 206. The van der Waals surface area contributed by atoms with Crippen molar-refractivity contribution in [1.29, 1.82) is 0 Å². The molecule has 4 nitrogen and oxygen atoms in total. The van der Waals surface area contributed by atoms with Crippen molar-refractivity contribution in [2.24, 2.45) is 4.99 Å². The summed E-state index contributed by atoms with van der Waals surface area (Å²) in [6.07, 6.45) is 2.76. The van der Waals surface area contributed by atoms with Crippen LogP contribution in [0.3, 0.4) is 0 Å². The Morgan fingerprint density at radius 3 is 2.82 bits per heavy atom. The number of ether oxygens (including phenoxy) is 1. The van der Waals surface area contributed by atoms with Crippen molar-refractivity contribution in [3.63, 3.8) is 0 Å². The molecule has 0 aromatic heterocycles. The zero-order valence-corrected chi connectivity index (χ0v) is 6.17. The third-order valence-corrected chi connectivity index (χ3v) is 2.25. The zero-order valence-electron chi connectivity index (χ0n) is 6.17. The fourth-order valence-electron chi connectivity index (χ4n) is 1.51. The second-order valence-electron chi connectivity index (χ2n) is 2.90. The first-order valence-corrected chi connectivity index (χ1v) is 3.79. The van der Waals surface area contributed by atoms with E-state index in [-0.39, 0.29) is 5.91 Å². The van der Waals surface area contributed by atoms with E-state index in [2.05, 4.69) is 10.3 Å². The van der Waals surface area contributed by atoms with Crippen molar-refractivity contribution < 1.29 is 9.53 Å². The highest BCUT2D eigenvalue weighted by Gasteiger charge is 2.43. The second-order valence-corrected chi connectivity index (χ2v) is 2.90. The first-order valence-electron chi connectivity index (χ1n) is 3.79. The summed E-state index contributed by atoms with van der Waals surface area (Å²) in [7, 11) is 0. The predicted molar refractivity (Wildman–Crippen MR) is 39.4 cm³/mol. The number of piperidine rings is 1. The van der Waals surface area contributed by atoms with Crippen LogP contribution in [0.1, 0.15) is 12.8 Å². The molecule has 11 heavy (non-hydrogen) atoms. The number of hydrogen-bond donors (Lipinski definition) is 1. The maximum atomic E-state index is 11.2. The molecule has 0 aromatic rings. The van der Waals surface area contributed by atoms with Crippen LogP contribution < -0.4 is 5.32 Å². The Morgan fingerprint density at radius 2 is 2.27 bits per heavy atom. The maximum absolute atomic E-state index is 11.2. The topological polar surface area (TPSA) is 50.7 Å². The van der Waals surface area contributed by atoms with Crippen molar-refractivity contribution in [3.05, 3.63) is 0 Å². The number of carbonyl (C=O) groups excluding carboxylic acids is 1. The monoisotopic (exact) mass is 154 g/mol. The van der Waals surface area contributed by atoms with Gasteiger partial charge in [-0.15, -0.1) is 0 Å². The Morgan fingerprint density at radius 1 is 1.55 bits per heavy atom. The zero-order chi connectivity index (χ0) is 7.73. The Labute approximate surface area is 64.6 Å². The normalized spacial score (nSPS) is 27.5. The highest BCUT2D eigenvalue weighted by atomic mass is 16.5. The number of carbonyl (C=O) groups is 1. The molecule has 0 radical (unpaired) electrons. The van der Waals surface area contributed by atoms with Crippen LogP contribution in [0.4, 0.5) is 0 Å². The van der Waals surface area contributed by atoms with E-state index < -0.39 is 5.60 Å². The van der Waals surface area contributed by atoms with Crippen LogP contribution >= 0.6 is 0 Å². The molecule has 2 rings (SSSR count). The minimum absolute atomic E-state index is 0.112. The number of nitrogens with one attached hydrogen (secondary N) is 1. The van der Waals surface area contributed by atoms with Crippen LogP contribution in [-0.2, 0) is 9.53 Å². The summed E-state index contributed by atoms with van der Waals surface area (Å²) in [6.45, 7) is 1.68. The molecular weight excluding hydrogens is 144 g/mol. The lowest BCUT2D eigenvalue weighted by Gasteiger charge is -2.29. The predicted octanol–water partition coefficient (Wildman–Crippen LogP) is -0.306. The van der Waals surface area contributed by atoms with E-state index in [0.29, 0.717) is 0 Å². The molecule has 0 aliphatic carbocycles. The van der Waals surface area contributed by atoms with E-state index in [1.165, 1.54) is 6.40 Å². The van der Waals surface area contributed by atoms with Gasteiger partial charge in [0.05, 0.1) is 0 Å². The van der Waals surface area contributed by atoms with E-state index >= 15 is 0 Å². The molecule has 0 saturated carbocycles. The number of hydrogen-bond acceptors (Lipinski definition) is 3. The first-order chi connectivity index (χ1) is 5.33. The van der Waals surface area contributed by atoms with Crippen LogP contribution in [0.15, 0.2) is 4.99 Å². The van der Waals surface area contributed by atoms with Gasteiger partial charge in [0.2, 0.25) is 0 Å². The molecule has 2 aliphatic rings.